The fourth-order valence-corrected chi connectivity index (χ4v) is 1.30. The van der Waals surface area contributed by atoms with E-state index in [1.165, 1.54) is 7.11 Å². The van der Waals surface area contributed by atoms with E-state index in [0.717, 1.165) is 12.8 Å². The third kappa shape index (κ3) is 7.23. The van der Waals surface area contributed by atoms with Gasteiger partial charge in [-0.25, -0.2) is 0 Å². The molecule has 0 saturated heterocycles. The van der Waals surface area contributed by atoms with Crippen LogP contribution in [0.5, 0.6) is 0 Å². The van der Waals surface area contributed by atoms with E-state index in [4.69, 9.17) is 5.73 Å². The Morgan fingerprint density at radius 3 is 2.44 bits per heavy atom. The third-order valence-electron chi connectivity index (χ3n) is 2.51. The summed E-state index contributed by atoms with van der Waals surface area (Å²) in [6.07, 6.45) is 2.05. The molecule has 0 heterocycles. The number of carbonyl (C=O) groups is 2. The van der Waals surface area contributed by atoms with Crippen LogP contribution in [0.2, 0.25) is 0 Å². The first-order chi connectivity index (χ1) is 7.41. The fourth-order valence-electron chi connectivity index (χ4n) is 1.30. The summed E-state index contributed by atoms with van der Waals surface area (Å²) in [7, 11) is 1.29. The molecule has 0 aromatic carbocycles. The van der Waals surface area contributed by atoms with Crippen LogP contribution in [-0.4, -0.2) is 32.1 Å². The molecule has 0 atom stereocenters. The van der Waals surface area contributed by atoms with Crippen molar-refractivity contribution < 1.29 is 14.3 Å². The quantitative estimate of drug-likeness (QED) is 0.621. The average molecular weight is 230 g/mol. The van der Waals surface area contributed by atoms with Gasteiger partial charge in [0.15, 0.2) is 0 Å². The van der Waals surface area contributed by atoms with E-state index in [1.54, 1.807) is 0 Å². The predicted molar refractivity (Wildman–Crippen MR) is 61.7 cm³/mol. The highest BCUT2D eigenvalue weighted by molar-refractivity contribution is 5.81. The number of nitrogens with one attached hydrogen (secondary N) is 1. The Kier molecular flexibility index (Phi) is 6.72. The number of esters is 1. The summed E-state index contributed by atoms with van der Waals surface area (Å²) in [4.78, 5) is 22.1. The molecule has 0 aliphatic carbocycles. The van der Waals surface area contributed by atoms with Gasteiger partial charge in [0.1, 0.15) is 6.54 Å². The van der Waals surface area contributed by atoms with Crippen molar-refractivity contribution in [2.24, 2.45) is 11.1 Å². The molecule has 0 fully saturated rings. The van der Waals surface area contributed by atoms with Gasteiger partial charge in [0.2, 0.25) is 5.91 Å². The Morgan fingerprint density at radius 2 is 1.94 bits per heavy atom. The molecular weight excluding hydrogens is 208 g/mol. The van der Waals surface area contributed by atoms with Crippen molar-refractivity contribution in [1.82, 2.24) is 5.32 Å². The lowest BCUT2D eigenvalue weighted by atomic mass is 9.84. The van der Waals surface area contributed by atoms with Gasteiger partial charge in [0.05, 0.1) is 7.11 Å². The van der Waals surface area contributed by atoms with Gasteiger partial charge < -0.3 is 15.8 Å². The van der Waals surface area contributed by atoms with E-state index in [2.05, 4.69) is 23.9 Å². The molecule has 0 aromatic heterocycles. The lowest BCUT2D eigenvalue weighted by Crippen LogP contribution is -2.31. The molecule has 1 amide bonds. The maximum Gasteiger partial charge on any atom is 0.325 e. The first-order valence-electron chi connectivity index (χ1n) is 5.45. The second-order valence-corrected chi connectivity index (χ2v) is 4.56. The lowest BCUT2D eigenvalue weighted by molar-refractivity contribution is -0.141. The van der Waals surface area contributed by atoms with Crippen LogP contribution in [0.3, 0.4) is 0 Å². The van der Waals surface area contributed by atoms with Crippen LogP contribution in [0.4, 0.5) is 0 Å². The van der Waals surface area contributed by atoms with Crippen molar-refractivity contribution in [3.8, 4) is 0 Å². The minimum Gasteiger partial charge on any atom is -0.468 e. The standard InChI is InChI=1S/C11H22N2O3/c1-11(2,6-7-12)5-4-9(14)13-8-10(15)16-3/h4-8,12H2,1-3H3,(H,13,14). The Bertz CT molecular complexity index is 239. The predicted octanol–water partition coefficient (Wildman–Crippen LogP) is 0.431. The van der Waals surface area contributed by atoms with Crippen LogP contribution >= 0.6 is 0 Å². The second kappa shape index (κ2) is 7.22. The maximum absolute atomic E-state index is 11.4. The number of hydrogen-bond donors (Lipinski definition) is 2. The molecule has 0 aliphatic heterocycles. The zero-order chi connectivity index (χ0) is 12.6. The molecular formula is C11H22N2O3. The van der Waals surface area contributed by atoms with Crippen molar-refractivity contribution in [2.75, 3.05) is 20.2 Å². The highest BCUT2D eigenvalue weighted by Crippen LogP contribution is 2.25. The number of carbonyl (C=O) groups excluding carboxylic acids is 2. The zero-order valence-corrected chi connectivity index (χ0v) is 10.3. The summed E-state index contributed by atoms with van der Waals surface area (Å²) >= 11 is 0. The average Bonchev–Trinajstić information content (AvgIpc) is 2.23. The van der Waals surface area contributed by atoms with Gasteiger partial charge in [-0.1, -0.05) is 13.8 Å². The van der Waals surface area contributed by atoms with Gasteiger partial charge in [0, 0.05) is 6.42 Å². The number of amides is 1. The van der Waals surface area contributed by atoms with Crippen LogP contribution in [0.1, 0.15) is 33.1 Å². The summed E-state index contributed by atoms with van der Waals surface area (Å²) in [6.45, 7) is 4.71. The molecule has 0 aliphatic rings. The van der Waals surface area contributed by atoms with Crippen LogP contribution in [0.25, 0.3) is 0 Å². The minimum atomic E-state index is -0.436. The van der Waals surface area contributed by atoms with Crippen molar-refractivity contribution in [3.05, 3.63) is 0 Å². The van der Waals surface area contributed by atoms with E-state index in [1.807, 2.05) is 0 Å². The van der Waals surface area contributed by atoms with Crippen LogP contribution in [-0.2, 0) is 14.3 Å². The van der Waals surface area contributed by atoms with Gasteiger partial charge in [-0.2, -0.15) is 0 Å². The molecule has 0 saturated carbocycles. The third-order valence-corrected chi connectivity index (χ3v) is 2.51. The fraction of sp³-hybridized carbons (Fsp3) is 0.818. The number of ether oxygens (including phenoxy) is 1. The molecule has 0 spiro atoms. The first kappa shape index (κ1) is 14.9. The second-order valence-electron chi connectivity index (χ2n) is 4.56. The Balaban J connectivity index is 3.76. The monoisotopic (exact) mass is 230 g/mol. The summed E-state index contributed by atoms with van der Waals surface area (Å²) in [6, 6.07) is 0. The van der Waals surface area contributed by atoms with E-state index in [0.29, 0.717) is 13.0 Å². The summed E-state index contributed by atoms with van der Waals surface area (Å²) < 4.78 is 4.41. The van der Waals surface area contributed by atoms with E-state index < -0.39 is 5.97 Å². The number of hydrogen-bond acceptors (Lipinski definition) is 4. The minimum absolute atomic E-state index is 0.0628. The van der Waals surface area contributed by atoms with E-state index in [-0.39, 0.29) is 17.9 Å². The SMILES string of the molecule is COC(=O)CNC(=O)CCC(C)(C)CCN. The Morgan fingerprint density at radius 1 is 1.31 bits per heavy atom. The molecule has 3 N–H and O–H groups in total. The molecule has 0 bridgehead atoms. The van der Waals surface area contributed by atoms with E-state index in [9.17, 15) is 9.59 Å². The van der Waals surface area contributed by atoms with Gasteiger partial charge >= 0.3 is 5.97 Å². The molecule has 94 valence electrons. The van der Waals surface area contributed by atoms with Crippen molar-refractivity contribution in [3.63, 3.8) is 0 Å². The topological polar surface area (TPSA) is 81.4 Å². The van der Waals surface area contributed by atoms with Crippen LogP contribution in [0.15, 0.2) is 0 Å². The first-order valence-corrected chi connectivity index (χ1v) is 5.45. The van der Waals surface area contributed by atoms with Gasteiger partial charge in [-0.15, -0.1) is 0 Å². The highest BCUT2D eigenvalue weighted by Gasteiger charge is 2.18. The van der Waals surface area contributed by atoms with Gasteiger partial charge in [-0.3, -0.25) is 9.59 Å². The Labute approximate surface area is 96.7 Å². The molecule has 5 heteroatoms. The molecule has 0 radical (unpaired) electrons. The molecule has 0 aromatic rings. The summed E-state index contributed by atoms with van der Waals surface area (Å²) in [5, 5.41) is 2.50. The maximum atomic E-state index is 11.4. The summed E-state index contributed by atoms with van der Waals surface area (Å²) in [5.74, 6) is -0.565. The molecule has 5 nitrogen and oxygen atoms in total. The zero-order valence-electron chi connectivity index (χ0n) is 10.3. The molecule has 16 heavy (non-hydrogen) atoms. The highest BCUT2D eigenvalue weighted by atomic mass is 16.5. The molecule has 0 rings (SSSR count). The molecule has 0 unspecified atom stereocenters. The van der Waals surface area contributed by atoms with Crippen molar-refractivity contribution in [2.45, 2.75) is 33.1 Å². The van der Waals surface area contributed by atoms with Crippen molar-refractivity contribution in [1.29, 1.82) is 0 Å². The van der Waals surface area contributed by atoms with E-state index >= 15 is 0 Å². The van der Waals surface area contributed by atoms with Gasteiger partial charge in [0.25, 0.3) is 0 Å². The van der Waals surface area contributed by atoms with Crippen LogP contribution < -0.4 is 11.1 Å². The smallest absolute Gasteiger partial charge is 0.325 e. The lowest BCUT2D eigenvalue weighted by Gasteiger charge is -2.23. The summed E-state index contributed by atoms with van der Waals surface area (Å²) in [5.41, 5.74) is 5.54. The largest absolute Gasteiger partial charge is 0.468 e. The number of rotatable bonds is 7. The van der Waals surface area contributed by atoms with Crippen LogP contribution in [0, 0.1) is 5.41 Å². The van der Waals surface area contributed by atoms with Gasteiger partial charge in [-0.05, 0) is 24.8 Å². The number of nitrogens with two attached hydrogens (primary N) is 1. The number of methoxy groups -OCH3 is 1. The van der Waals surface area contributed by atoms with Crippen molar-refractivity contribution >= 4 is 11.9 Å². The normalized spacial score (nSPS) is 11.0. The Hall–Kier alpha value is -1.10.